The van der Waals surface area contributed by atoms with E-state index < -0.39 is 44.5 Å². The van der Waals surface area contributed by atoms with Crippen molar-refractivity contribution in [3.05, 3.63) is 58.1 Å². The number of amides is 2. The first-order valence-electron chi connectivity index (χ1n) is 13.9. The quantitative estimate of drug-likeness (QED) is 0.141. The number of hydrogen-bond donors (Lipinski definition) is 4. The molecule has 2 aliphatic rings. The first-order chi connectivity index (χ1) is 19.3. The monoisotopic (exact) mass is 633 g/mol. The Morgan fingerprint density at radius 1 is 0.976 bits per heavy atom. The highest BCUT2D eigenvalue weighted by Crippen LogP contribution is 2.48. The zero-order chi connectivity index (χ0) is 29.2. The summed E-state index contributed by atoms with van der Waals surface area (Å²) in [5.41, 5.74) is 3.78. The second-order valence-corrected chi connectivity index (χ2v) is 18.6. The number of aliphatic hydroxyl groups excluding tert-OH is 2. The van der Waals surface area contributed by atoms with Crippen LogP contribution >= 0.6 is 15.9 Å². The summed E-state index contributed by atoms with van der Waals surface area (Å²) in [4.78, 5) is 30.2. The Hall–Kier alpha value is -3.02. The van der Waals surface area contributed by atoms with Gasteiger partial charge in [-0.25, -0.2) is 0 Å². The average molecular weight is 635 g/mol. The minimum Gasteiger partial charge on any atom is -0.411 e. The first kappa shape index (κ1) is 26.8. The van der Waals surface area contributed by atoms with E-state index in [4.69, 9.17) is 4.43 Å². The van der Waals surface area contributed by atoms with Crippen LogP contribution in [0.1, 0.15) is 53.9 Å². The van der Waals surface area contributed by atoms with Crippen LogP contribution < -0.4 is 5.32 Å². The number of nitrogens with zero attached hydrogens (tertiary/aromatic N) is 1. The van der Waals surface area contributed by atoms with E-state index in [0.29, 0.717) is 33.8 Å². The van der Waals surface area contributed by atoms with Crippen molar-refractivity contribution in [2.75, 3.05) is 0 Å². The van der Waals surface area contributed by atoms with Crippen LogP contribution in [0.3, 0.4) is 0 Å². The fraction of sp³-hybridized carbons (Fsp3) is 0.355. The third-order valence-corrected chi connectivity index (χ3v) is 14.5. The summed E-state index contributed by atoms with van der Waals surface area (Å²) >= 11 is 3.59. The van der Waals surface area contributed by atoms with Crippen LogP contribution in [0.25, 0.3) is 43.6 Å². The van der Waals surface area contributed by atoms with Crippen molar-refractivity contribution in [1.29, 1.82) is 0 Å². The topological polar surface area (TPSA) is 117 Å². The zero-order valence-corrected chi connectivity index (χ0v) is 26.1. The Balaban J connectivity index is 1.57. The summed E-state index contributed by atoms with van der Waals surface area (Å²) in [5, 5.41) is 28.3. The number of H-pyrrole nitrogens is 1. The van der Waals surface area contributed by atoms with E-state index >= 15 is 0 Å². The van der Waals surface area contributed by atoms with E-state index in [-0.39, 0.29) is 5.04 Å². The van der Waals surface area contributed by atoms with Gasteiger partial charge in [-0.3, -0.25) is 14.9 Å². The maximum atomic E-state index is 13.4. The highest BCUT2D eigenvalue weighted by Gasteiger charge is 2.49. The molecule has 2 amide bonds. The van der Waals surface area contributed by atoms with Crippen molar-refractivity contribution >= 4 is 79.7 Å². The van der Waals surface area contributed by atoms with Crippen LogP contribution in [0.4, 0.5) is 0 Å². The van der Waals surface area contributed by atoms with Gasteiger partial charge in [-0.05, 0) is 48.8 Å². The van der Waals surface area contributed by atoms with Crippen LogP contribution in [0.5, 0.6) is 0 Å². The van der Waals surface area contributed by atoms with Crippen LogP contribution in [0.15, 0.2) is 46.9 Å². The van der Waals surface area contributed by atoms with Crippen LogP contribution in [0, 0.1) is 0 Å². The molecule has 1 aliphatic heterocycles. The number of nitrogens with one attached hydrogen (secondary N) is 2. The number of carbonyl (C=O) groups excluding carboxylic acids is 2. The molecule has 0 radical (unpaired) electrons. The van der Waals surface area contributed by atoms with E-state index in [1.807, 2.05) is 47.0 Å². The molecule has 5 aromatic rings. The number of aliphatic hydroxyl groups is 2. The zero-order valence-electron chi connectivity index (χ0n) is 23.5. The van der Waals surface area contributed by atoms with Crippen molar-refractivity contribution in [3.8, 4) is 0 Å². The van der Waals surface area contributed by atoms with E-state index in [1.54, 1.807) is 0 Å². The lowest BCUT2D eigenvalue weighted by Gasteiger charge is -2.39. The third-order valence-electron chi connectivity index (χ3n) is 9.52. The lowest BCUT2D eigenvalue weighted by molar-refractivity contribution is -0.0199. The number of rotatable bonds is 3. The normalized spacial score (nSPS) is 23.4. The predicted molar refractivity (Wildman–Crippen MR) is 166 cm³/mol. The van der Waals surface area contributed by atoms with Gasteiger partial charge in [0.15, 0.2) is 8.32 Å². The number of hydrogen-bond acceptors (Lipinski definition) is 5. The van der Waals surface area contributed by atoms with Gasteiger partial charge in [0, 0.05) is 37.1 Å². The molecule has 3 aromatic carbocycles. The van der Waals surface area contributed by atoms with Gasteiger partial charge in [0.2, 0.25) is 0 Å². The molecule has 4 atom stereocenters. The largest absolute Gasteiger partial charge is 0.411 e. The van der Waals surface area contributed by atoms with Gasteiger partial charge < -0.3 is 24.2 Å². The smallest absolute Gasteiger partial charge is 0.259 e. The summed E-state index contributed by atoms with van der Waals surface area (Å²) in [6.45, 7) is 10.7. The molecule has 1 saturated carbocycles. The number of para-hydroxylation sites is 1. The Morgan fingerprint density at radius 2 is 1.66 bits per heavy atom. The molecule has 1 aliphatic carbocycles. The summed E-state index contributed by atoms with van der Waals surface area (Å²) in [7, 11) is -2.25. The Morgan fingerprint density at radius 3 is 2.37 bits per heavy atom. The molecule has 0 spiro atoms. The third kappa shape index (κ3) is 3.67. The number of halogens is 1. The van der Waals surface area contributed by atoms with Gasteiger partial charge in [0.1, 0.15) is 12.2 Å². The molecule has 0 saturated heterocycles. The van der Waals surface area contributed by atoms with Gasteiger partial charge in [-0.2, -0.15) is 0 Å². The van der Waals surface area contributed by atoms with Crippen LogP contribution in [0.2, 0.25) is 18.1 Å². The van der Waals surface area contributed by atoms with Crippen molar-refractivity contribution in [2.45, 2.75) is 69.7 Å². The van der Waals surface area contributed by atoms with E-state index in [1.165, 1.54) is 0 Å². The molecule has 41 heavy (non-hydrogen) atoms. The average Bonchev–Trinajstić information content (AvgIpc) is 3.59. The predicted octanol–water partition coefficient (Wildman–Crippen LogP) is 6.13. The van der Waals surface area contributed by atoms with Gasteiger partial charge in [0.25, 0.3) is 11.8 Å². The Labute approximate surface area is 245 Å². The highest BCUT2D eigenvalue weighted by molar-refractivity contribution is 9.10. The van der Waals surface area contributed by atoms with Gasteiger partial charge in [0.05, 0.1) is 34.3 Å². The van der Waals surface area contributed by atoms with Crippen molar-refractivity contribution < 1.29 is 24.2 Å². The molecule has 2 aromatic heterocycles. The van der Waals surface area contributed by atoms with Crippen molar-refractivity contribution in [3.63, 3.8) is 0 Å². The fourth-order valence-electron chi connectivity index (χ4n) is 6.54. The lowest BCUT2D eigenvalue weighted by atomic mass is 9.96. The van der Waals surface area contributed by atoms with E-state index in [0.717, 1.165) is 31.8 Å². The number of carbonyl (C=O) groups is 2. The molecular weight excluding hydrogens is 602 g/mol. The summed E-state index contributed by atoms with van der Waals surface area (Å²) in [6, 6.07) is 13.0. The molecule has 10 heteroatoms. The number of benzene rings is 3. The minimum absolute atomic E-state index is 0.0636. The Kier molecular flexibility index (Phi) is 5.73. The van der Waals surface area contributed by atoms with Crippen LogP contribution in [-0.2, 0) is 4.43 Å². The molecular formula is C31H32BrN3O5Si. The molecule has 0 bridgehead atoms. The molecule has 212 valence electrons. The summed E-state index contributed by atoms with van der Waals surface area (Å²) < 4.78 is 9.52. The summed E-state index contributed by atoms with van der Waals surface area (Å²) in [6.07, 6.45) is -2.32. The second kappa shape index (κ2) is 8.75. The van der Waals surface area contributed by atoms with E-state index in [2.05, 4.69) is 60.1 Å². The molecule has 8 nitrogen and oxygen atoms in total. The van der Waals surface area contributed by atoms with Gasteiger partial charge >= 0.3 is 0 Å². The number of fused-ring (bicyclic) bond motifs is 10. The minimum atomic E-state index is -2.25. The summed E-state index contributed by atoms with van der Waals surface area (Å²) in [5.74, 6) is -0.857. The fourth-order valence-corrected chi connectivity index (χ4v) is 8.24. The first-order valence-corrected chi connectivity index (χ1v) is 17.6. The SMILES string of the molecule is CC(C)(C)[Si](C)(C)O[C@H]1C[C@@H](n2c3ccc(Br)cc3c3c4c(c5c6ccccc6[nH]c5c32)C(=O)NC4=O)[C@H](O)[C@@H]1O. The molecule has 1 fully saturated rings. The number of imide groups is 1. The van der Waals surface area contributed by atoms with Crippen molar-refractivity contribution in [2.24, 2.45) is 0 Å². The number of aromatic amines is 1. The highest BCUT2D eigenvalue weighted by atomic mass is 79.9. The van der Waals surface area contributed by atoms with Gasteiger partial charge in [-0.1, -0.05) is 54.9 Å². The lowest BCUT2D eigenvalue weighted by Crippen LogP contribution is -2.46. The second-order valence-electron chi connectivity index (χ2n) is 12.9. The van der Waals surface area contributed by atoms with Gasteiger partial charge in [-0.15, -0.1) is 0 Å². The Bertz CT molecular complexity index is 1950. The maximum absolute atomic E-state index is 13.4. The van der Waals surface area contributed by atoms with Crippen LogP contribution in [-0.4, -0.2) is 58.2 Å². The van der Waals surface area contributed by atoms with Crippen molar-refractivity contribution in [1.82, 2.24) is 14.9 Å². The van der Waals surface area contributed by atoms with E-state index in [9.17, 15) is 19.8 Å². The molecule has 7 rings (SSSR count). The standard InChI is InChI=1S/C31H32BrN3O5Si/c1-31(2,3)41(4,5)40-20-13-19(27(36)28(20)37)35-18-11-10-14(32)12-16(18)22-24-23(29(38)34-30(24)39)21-15-8-6-7-9-17(15)33-25(21)26(22)35/h6-12,19-20,27-28,33,36-37H,13H2,1-5H3,(H,34,38,39)/t19-,20+,27+,28-/m1/s1. The molecule has 4 N–H and O–H groups in total. The molecule has 3 heterocycles. The number of aromatic nitrogens is 2. The maximum Gasteiger partial charge on any atom is 0.259 e. The molecule has 0 unspecified atom stereocenters.